The summed E-state index contributed by atoms with van der Waals surface area (Å²) in [5.41, 5.74) is 0. The first kappa shape index (κ1) is 18.6. The van der Waals surface area contributed by atoms with Crippen molar-refractivity contribution >= 4 is 16.1 Å². The summed E-state index contributed by atoms with van der Waals surface area (Å²) in [5, 5.41) is 0. The first-order valence-electron chi connectivity index (χ1n) is 5.70. The SMILES string of the molecule is CCCCCC(=O)Oc1ccccc1S(=O)(=O)[O-].[Na+]. The molecule has 100 valence electrons. The Hall–Kier alpha value is -0.400. The largest absolute Gasteiger partial charge is 1.00 e. The van der Waals surface area contributed by atoms with Gasteiger partial charge in [-0.2, -0.15) is 0 Å². The van der Waals surface area contributed by atoms with Crippen molar-refractivity contribution in [2.45, 2.75) is 37.5 Å². The summed E-state index contributed by atoms with van der Waals surface area (Å²) in [6.45, 7) is 2.00. The number of esters is 1. The first-order valence-corrected chi connectivity index (χ1v) is 7.11. The maximum absolute atomic E-state index is 11.4. The third-order valence-electron chi connectivity index (χ3n) is 2.33. The summed E-state index contributed by atoms with van der Waals surface area (Å²) < 4.78 is 37.7. The average molecular weight is 294 g/mol. The molecule has 0 aliphatic rings. The molecule has 0 amide bonds. The van der Waals surface area contributed by atoms with Gasteiger partial charge in [0.2, 0.25) is 0 Å². The van der Waals surface area contributed by atoms with Gasteiger partial charge in [0, 0.05) is 6.42 Å². The van der Waals surface area contributed by atoms with Crippen molar-refractivity contribution < 1.29 is 52.1 Å². The maximum atomic E-state index is 11.4. The number of hydrogen-bond acceptors (Lipinski definition) is 5. The van der Waals surface area contributed by atoms with Crippen LogP contribution in [-0.2, 0) is 14.9 Å². The number of rotatable bonds is 6. The Balaban J connectivity index is 0.00000324. The smallest absolute Gasteiger partial charge is 0.744 e. The molecule has 0 heterocycles. The minimum absolute atomic E-state index is 0. The number of unbranched alkanes of at least 4 members (excludes halogenated alkanes) is 2. The molecule has 19 heavy (non-hydrogen) atoms. The van der Waals surface area contributed by atoms with Gasteiger partial charge >= 0.3 is 35.5 Å². The van der Waals surface area contributed by atoms with Crippen LogP contribution in [0, 0.1) is 0 Å². The standard InChI is InChI=1S/C12H16O5S.Na/c1-2-3-4-9-12(13)17-10-7-5-6-8-11(10)18(14,15)16;/h5-8H,2-4,9H2,1H3,(H,14,15,16);/q;+1/p-1. The second-order valence-electron chi connectivity index (χ2n) is 3.83. The Morgan fingerprint density at radius 3 is 2.47 bits per heavy atom. The van der Waals surface area contributed by atoms with Gasteiger partial charge in [0.1, 0.15) is 15.9 Å². The molecule has 0 N–H and O–H groups in total. The molecule has 0 aromatic heterocycles. The molecule has 1 aromatic carbocycles. The Bertz CT molecular complexity index is 513. The van der Waals surface area contributed by atoms with Crippen LogP contribution in [0.1, 0.15) is 32.6 Å². The van der Waals surface area contributed by atoms with Gasteiger partial charge in [-0.3, -0.25) is 4.79 Å². The second-order valence-corrected chi connectivity index (χ2v) is 5.18. The van der Waals surface area contributed by atoms with Crippen LogP contribution < -0.4 is 34.3 Å². The molecule has 0 saturated heterocycles. The van der Waals surface area contributed by atoms with Crippen LogP contribution in [0.4, 0.5) is 0 Å². The fraction of sp³-hybridized carbons (Fsp3) is 0.417. The van der Waals surface area contributed by atoms with Crippen LogP contribution in [0.15, 0.2) is 29.2 Å². The van der Waals surface area contributed by atoms with E-state index in [1.807, 2.05) is 6.92 Å². The molecular weight excluding hydrogens is 279 g/mol. The Labute approximate surface area is 135 Å². The monoisotopic (exact) mass is 294 g/mol. The Morgan fingerprint density at radius 1 is 1.26 bits per heavy atom. The third-order valence-corrected chi connectivity index (χ3v) is 3.20. The van der Waals surface area contributed by atoms with Crippen LogP contribution in [0.2, 0.25) is 0 Å². The molecule has 1 aromatic rings. The van der Waals surface area contributed by atoms with Crippen LogP contribution in [0.25, 0.3) is 0 Å². The van der Waals surface area contributed by atoms with E-state index in [0.717, 1.165) is 18.9 Å². The Morgan fingerprint density at radius 2 is 1.89 bits per heavy atom. The average Bonchev–Trinajstić information content (AvgIpc) is 2.28. The molecule has 0 spiro atoms. The third kappa shape index (κ3) is 6.54. The van der Waals surface area contributed by atoms with E-state index in [2.05, 4.69) is 0 Å². The van der Waals surface area contributed by atoms with Gasteiger partial charge in [0.15, 0.2) is 0 Å². The van der Waals surface area contributed by atoms with Crippen LogP contribution in [0.5, 0.6) is 5.75 Å². The molecule has 1 rings (SSSR count). The van der Waals surface area contributed by atoms with Crippen LogP contribution in [-0.4, -0.2) is 18.9 Å². The van der Waals surface area contributed by atoms with E-state index in [0.29, 0.717) is 6.42 Å². The summed E-state index contributed by atoms with van der Waals surface area (Å²) >= 11 is 0. The Kier molecular flexibility index (Phi) is 8.52. The molecule has 0 aliphatic heterocycles. The fourth-order valence-electron chi connectivity index (χ4n) is 1.43. The molecule has 5 nitrogen and oxygen atoms in total. The molecule has 0 radical (unpaired) electrons. The van der Waals surface area contributed by atoms with Gasteiger partial charge in [-0.1, -0.05) is 31.9 Å². The van der Waals surface area contributed by atoms with E-state index in [1.54, 1.807) is 0 Å². The van der Waals surface area contributed by atoms with Crippen molar-refractivity contribution in [2.24, 2.45) is 0 Å². The van der Waals surface area contributed by atoms with Crippen LogP contribution in [0.3, 0.4) is 0 Å². The summed E-state index contributed by atoms with van der Waals surface area (Å²) in [4.78, 5) is 10.9. The fourth-order valence-corrected chi connectivity index (χ4v) is 2.04. The summed E-state index contributed by atoms with van der Waals surface area (Å²) in [6, 6.07) is 5.32. The molecular formula is C12H15NaO5S. The number of para-hydroxylation sites is 1. The number of carbonyl (C=O) groups excluding carboxylic acids is 1. The minimum Gasteiger partial charge on any atom is -0.744 e. The normalized spacial score (nSPS) is 10.6. The minimum atomic E-state index is -4.63. The zero-order valence-corrected chi connectivity index (χ0v) is 13.9. The number of carbonyl (C=O) groups is 1. The van der Waals surface area contributed by atoms with Crippen molar-refractivity contribution in [3.63, 3.8) is 0 Å². The number of benzene rings is 1. The molecule has 0 aliphatic carbocycles. The number of hydrogen-bond donors (Lipinski definition) is 0. The van der Waals surface area contributed by atoms with E-state index in [4.69, 9.17) is 4.74 Å². The van der Waals surface area contributed by atoms with Gasteiger partial charge in [0.05, 0.1) is 4.90 Å². The van der Waals surface area contributed by atoms with E-state index >= 15 is 0 Å². The predicted molar refractivity (Wildman–Crippen MR) is 64.2 cm³/mol. The summed E-state index contributed by atoms with van der Waals surface area (Å²) in [7, 11) is -4.63. The maximum Gasteiger partial charge on any atom is 1.00 e. The van der Waals surface area contributed by atoms with E-state index < -0.39 is 21.0 Å². The van der Waals surface area contributed by atoms with Gasteiger partial charge in [-0.25, -0.2) is 8.42 Å². The second kappa shape index (κ2) is 8.71. The quantitative estimate of drug-likeness (QED) is 0.223. The van der Waals surface area contributed by atoms with Crippen molar-refractivity contribution in [1.29, 1.82) is 0 Å². The summed E-state index contributed by atoms with van der Waals surface area (Å²) in [6.07, 6.45) is 2.76. The molecule has 0 bridgehead atoms. The van der Waals surface area contributed by atoms with Crippen molar-refractivity contribution in [1.82, 2.24) is 0 Å². The van der Waals surface area contributed by atoms with Gasteiger partial charge in [0.25, 0.3) is 0 Å². The zero-order valence-electron chi connectivity index (χ0n) is 11.1. The van der Waals surface area contributed by atoms with Gasteiger partial charge in [-0.15, -0.1) is 0 Å². The number of ether oxygens (including phenoxy) is 1. The molecule has 0 atom stereocenters. The topological polar surface area (TPSA) is 83.5 Å². The van der Waals surface area contributed by atoms with Crippen molar-refractivity contribution in [2.75, 3.05) is 0 Å². The molecule has 0 saturated carbocycles. The predicted octanol–water partition coefficient (Wildman–Crippen LogP) is -0.920. The first-order chi connectivity index (χ1) is 8.45. The van der Waals surface area contributed by atoms with Gasteiger partial charge < -0.3 is 9.29 Å². The zero-order chi connectivity index (χ0) is 13.6. The van der Waals surface area contributed by atoms with E-state index in [-0.39, 0.29) is 41.7 Å². The molecule has 7 heteroatoms. The van der Waals surface area contributed by atoms with Crippen molar-refractivity contribution in [3.8, 4) is 5.75 Å². The van der Waals surface area contributed by atoms with E-state index in [9.17, 15) is 17.8 Å². The summed E-state index contributed by atoms with van der Waals surface area (Å²) in [5.74, 6) is -0.728. The molecule has 0 unspecified atom stereocenters. The van der Waals surface area contributed by atoms with E-state index in [1.165, 1.54) is 18.2 Å². The molecule has 0 fully saturated rings. The van der Waals surface area contributed by atoms with Crippen LogP contribution >= 0.6 is 0 Å². The van der Waals surface area contributed by atoms with Crippen molar-refractivity contribution in [3.05, 3.63) is 24.3 Å². The van der Waals surface area contributed by atoms with Gasteiger partial charge in [-0.05, 0) is 18.6 Å².